The lowest BCUT2D eigenvalue weighted by Gasteiger charge is -2.27. The van der Waals surface area contributed by atoms with Crippen molar-refractivity contribution in [1.29, 1.82) is 0 Å². The van der Waals surface area contributed by atoms with E-state index >= 15 is 0 Å². The van der Waals surface area contributed by atoms with Crippen LogP contribution in [-0.4, -0.2) is 40.7 Å². The fourth-order valence-corrected chi connectivity index (χ4v) is 5.85. The molecule has 2 aliphatic rings. The summed E-state index contributed by atoms with van der Waals surface area (Å²) in [6.07, 6.45) is 1.62. The van der Waals surface area contributed by atoms with E-state index in [9.17, 15) is 4.79 Å². The highest BCUT2D eigenvalue weighted by Gasteiger charge is 2.33. The lowest BCUT2D eigenvalue weighted by atomic mass is 10.1. The topological polar surface area (TPSA) is 64.1 Å². The smallest absolute Gasteiger partial charge is 0.411 e. The molecule has 1 aromatic heterocycles. The number of benzene rings is 2. The maximum atomic E-state index is 12.1. The van der Waals surface area contributed by atoms with Crippen LogP contribution in [0.4, 0.5) is 4.79 Å². The number of hydrogen-bond acceptors (Lipinski definition) is 6. The summed E-state index contributed by atoms with van der Waals surface area (Å²) in [5.41, 5.74) is 5.53. The van der Waals surface area contributed by atoms with Crippen LogP contribution in [0.1, 0.15) is 74.7 Å². The Labute approximate surface area is 254 Å². The zero-order chi connectivity index (χ0) is 29.2. The van der Waals surface area contributed by atoms with Crippen molar-refractivity contribution in [1.82, 2.24) is 14.8 Å². The second kappa shape index (κ2) is 12.5. The number of methoxy groups -OCH3 is 2. The van der Waals surface area contributed by atoms with Gasteiger partial charge in [0.25, 0.3) is 0 Å². The quantitative estimate of drug-likeness (QED) is 0.278. The molecule has 0 bridgehead atoms. The van der Waals surface area contributed by atoms with Crippen molar-refractivity contribution in [2.45, 2.75) is 71.9 Å². The second-order valence-corrected chi connectivity index (χ2v) is 12.9. The number of halogens is 2. The third-order valence-corrected chi connectivity index (χ3v) is 8.07. The van der Waals surface area contributed by atoms with Crippen LogP contribution in [0, 0.1) is 0 Å². The summed E-state index contributed by atoms with van der Waals surface area (Å²) in [4.78, 5) is 20.8. The minimum absolute atomic E-state index is 0.0722. The highest BCUT2D eigenvalue weighted by molar-refractivity contribution is 9.10. The molecular weight excluding hydrogens is 638 g/mol. The van der Waals surface area contributed by atoms with Crippen molar-refractivity contribution < 1.29 is 19.0 Å². The molecule has 7 nitrogen and oxygen atoms in total. The molecule has 214 valence electrons. The number of pyridine rings is 1. The first-order valence-electron chi connectivity index (χ1n) is 13.3. The van der Waals surface area contributed by atoms with Gasteiger partial charge in [-0.1, -0.05) is 28.1 Å². The number of fused-ring (bicyclic) bond motifs is 2. The van der Waals surface area contributed by atoms with Gasteiger partial charge in [-0.05, 0) is 91.5 Å². The van der Waals surface area contributed by atoms with Crippen molar-refractivity contribution in [3.63, 3.8) is 0 Å². The summed E-state index contributed by atoms with van der Waals surface area (Å²) in [7, 11) is 3.36. The Bertz CT molecular complexity index is 1380. The van der Waals surface area contributed by atoms with E-state index in [1.54, 1.807) is 19.1 Å². The van der Waals surface area contributed by atoms with Crippen LogP contribution in [0.15, 0.2) is 57.6 Å². The molecular formula is C31H37Br2N3O4. The van der Waals surface area contributed by atoms with E-state index in [4.69, 9.17) is 14.2 Å². The second-order valence-electron chi connectivity index (χ2n) is 11.1. The lowest BCUT2D eigenvalue weighted by Crippen LogP contribution is -2.34. The van der Waals surface area contributed by atoms with Gasteiger partial charge in [0.05, 0.1) is 38.5 Å². The van der Waals surface area contributed by atoms with Gasteiger partial charge in [0, 0.05) is 39.9 Å². The zero-order valence-electron chi connectivity index (χ0n) is 24.1. The van der Waals surface area contributed by atoms with Gasteiger partial charge in [-0.2, -0.15) is 0 Å². The summed E-state index contributed by atoms with van der Waals surface area (Å²) < 4.78 is 18.3. The van der Waals surface area contributed by atoms with E-state index < -0.39 is 5.60 Å². The number of amides is 1. The predicted molar refractivity (Wildman–Crippen MR) is 163 cm³/mol. The fourth-order valence-electron chi connectivity index (χ4n) is 5.07. The van der Waals surface area contributed by atoms with E-state index in [0.717, 1.165) is 44.8 Å². The van der Waals surface area contributed by atoms with E-state index in [1.165, 1.54) is 16.7 Å². The summed E-state index contributed by atoms with van der Waals surface area (Å²) in [6.45, 7) is 12.2. The molecule has 0 N–H and O–H groups in total. The number of carbonyl (C=O) groups excluding carboxylic acids is 1. The summed E-state index contributed by atoms with van der Waals surface area (Å²) in [5.74, 6) is 1.67. The number of rotatable bonds is 4. The highest BCUT2D eigenvalue weighted by Crippen LogP contribution is 2.37. The van der Waals surface area contributed by atoms with Crippen LogP contribution in [0.2, 0.25) is 0 Å². The van der Waals surface area contributed by atoms with E-state index in [0.29, 0.717) is 12.6 Å². The number of carbonyl (C=O) groups is 1. The molecule has 9 heteroatoms. The minimum Gasteiger partial charge on any atom is -0.497 e. The standard InChI is InChI=1S/C17H19BrN2O2.C14H18BrNO2/c1-11-17-13(6-14(18)8-19-17)10-20(11)9-12-4-5-15(21-2)7-16(12)22-3;1-9-12-6-5-11(15)7-10(12)8-16(9)13(17)18-14(2,3)4/h4-8,11H,9-10H2,1-3H3;5-7,9H,8H2,1-4H3. The Balaban J connectivity index is 0.000000189. The maximum Gasteiger partial charge on any atom is 0.411 e. The molecule has 0 aliphatic carbocycles. The molecule has 0 radical (unpaired) electrons. The van der Waals surface area contributed by atoms with E-state index in [-0.39, 0.29) is 12.1 Å². The molecule has 3 aromatic rings. The molecule has 0 saturated heterocycles. The molecule has 3 heterocycles. The van der Waals surface area contributed by atoms with Gasteiger partial charge in [0.2, 0.25) is 0 Å². The third kappa shape index (κ3) is 6.98. The number of aromatic nitrogens is 1. The fraction of sp³-hybridized carbons (Fsp3) is 0.419. The highest BCUT2D eigenvalue weighted by atomic mass is 79.9. The third-order valence-electron chi connectivity index (χ3n) is 7.14. The molecule has 2 atom stereocenters. The summed E-state index contributed by atoms with van der Waals surface area (Å²) in [5, 5.41) is 0. The largest absolute Gasteiger partial charge is 0.497 e. The first-order chi connectivity index (χ1) is 18.9. The normalized spacial score (nSPS) is 18.0. The van der Waals surface area contributed by atoms with Crippen molar-refractivity contribution >= 4 is 38.0 Å². The predicted octanol–water partition coefficient (Wildman–Crippen LogP) is 8.20. The van der Waals surface area contributed by atoms with E-state index in [2.05, 4.69) is 72.9 Å². The van der Waals surface area contributed by atoms with Gasteiger partial charge < -0.3 is 14.2 Å². The van der Waals surface area contributed by atoms with Crippen LogP contribution in [0.3, 0.4) is 0 Å². The van der Waals surface area contributed by atoms with Crippen molar-refractivity contribution in [3.05, 3.63) is 85.6 Å². The molecule has 40 heavy (non-hydrogen) atoms. The lowest BCUT2D eigenvalue weighted by molar-refractivity contribution is 0.0187. The van der Waals surface area contributed by atoms with Crippen LogP contribution in [-0.2, 0) is 24.4 Å². The van der Waals surface area contributed by atoms with Crippen LogP contribution >= 0.6 is 31.9 Å². The van der Waals surface area contributed by atoms with Crippen LogP contribution < -0.4 is 9.47 Å². The Morgan fingerprint density at radius 2 is 1.68 bits per heavy atom. The molecule has 2 aliphatic heterocycles. The Morgan fingerprint density at radius 1 is 0.950 bits per heavy atom. The van der Waals surface area contributed by atoms with Crippen molar-refractivity contribution in [2.75, 3.05) is 14.2 Å². The zero-order valence-corrected chi connectivity index (χ0v) is 27.3. The van der Waals surface area contributed by atoms with Gasteiger partial charge in [0.1, 0.15) is 17.1 Å². The van der Waals surface area contributed by atoms with Crippen LogP contribution in [0.5, 0.6) is 11.5 Å². The number of nitrogens with zero attached hydrogens (tertiary/aromatic N) is 3. The van der Waals surface area contributed by atoms with Gasteiger partial charge in [0.15, 0.2) is 0 Å². The first kappa shape index (κ1) is 30.3. The summed E-state index contributed by atoms with van der Waals surface area (Å²) in [6, 6.07) is 14.6. The van der Waals surface area contributed by atoms with E-state index in [1.807, 2.05) is 52.1 Å². The molecule has 0 saturated carbocycles. The average molecular weight is 675 g/mol. The molecule has 5 rings (SSSR count). The first-order valence-corrected chi connectivity index (χ1v) is 14.9. The van der Waals surface area contributed by atoms with Gasteiger partial charge in [-0.25, -0.2) is 4.79 Å². The average Bonchev–Trinajstić information content (AvgIpc) is 3.38. The Kier molecular flexibility index (Phi) is 9.47. The van der Waals surface area contributed by atoms with Gasteiger partial charge in [-0.15, -0.1) is 0 Å². The van der Waals surface area contributed by atoms with Gasteiger partial charge >= 0.3 is 6.09 Å². The Hall–Kier alpha value is -2.62. The van der Waals surface area contributed by atoms with Crippen molar-refractivity contribution in [3.8, 4) is 11.5 Å². The van der Waals surface area contributed by atoms with Crippen LogP contribution in [0.25, 0.3) is 0 Å². The molecule has 2 aromatic carbocycles. The SMILES string of the molecule is CC1c2ccc(Br)cc2CN1C(=O)OC(C)(C)C.COc1ccc(CN2Cc3cc(Br)cnc3C2C)c(OC)c1. The van der Waals surface area contributed by atoms with Crippen molar-refractivity contribution in [2.24, 2.45) is 0 Å². The molecule has 0 spiro atoms. The summed E-state index contributed by atoms with van der Waals surface area (Å²) >= 11 is 6.95. The Morgan fingerprint density at radius 3 is 2.35 bits per heavy atom. The van der Waals surface area contributed by atoms with Gasteiger partial charge in [-0.3, -0.25) is 14.8 Å². The number of ether oxygens (including phenoxy) is 3. The molecule has 1 amide bonds. The molecule has 2 unspecified atom stereocenters. The maximum absolute atomic E-state index is 12.1. The molecule has 0 fully saturated rings. The number of hydrogen-bond donors (Lipinski definition) is 0. The monoisotopic (exact) mass is 673 g/mol. The minimum atomic E-state index is -0.452.